The molecule has 0 radical (unpaired) electrons. The minimum atomic E-state index is 0.473. The molecular formula is C12H18O. The van der Waals surface area contributed by atoms with Crippen LogP contribution in [-0.4, -0.2) is 5.78 Å². The molecule has 0 heterocycles. The van der Waals surface area contributed by atoms with E-state index >= 15 is 0 Å². The third-order valence-corrected chi connectivity index (χ3v) is 5.13. The summed E-state index contributed by atoms with van der Waals surface area (Å²) in [5.41, 5.74) is 0.486. The number of rotatable bonds is 0. The van der Waals surface area contributed by atoms with E-state index in [0.29, 0.717) is 17.1 Å². The highest BCUT2D eigenvalue weighted by molar-refractivity contribution is 5.83. The van der Waals surface area contributed by atoms with Crippen LogP contribution in [0.3, 0.4) is 0 Å². The van der Waals surface area contributed by atoms with Gasteiger partial charge in [-0.1, -0.05) is 6.92 Å². The second kappa shape index (κ2) is 2.37. The lowest BCUT2D eigenvalue weighted by molar-refractivity contribution is -0.129. The van der Waals surface area contributed by atoms with Crippen LogP contribution >= 0.6 is 0 Å². The summed E-state index contributed by atoms with van der Waals surface area (Å²) in [7, 11) is 0. The van der Waals surface area contributed by atoms with Gasteiger partial charge in [0.15, 0.2) is 0 Å². The Kier molecular flexibility index (Phi) is 1.46. The van der Waals surface area contributed by atoms with E-state index < -0.39 is 0 Å². The quantitative estimate of drug-likeness (QED) is 0.557. The third-order valence-electron chi connectivity index (χ3n) is 5.13. The summed E-state index contributed by atoms with van der Waals surface area (Å²) in [5.74, 6) is 2.68. The van der Waals surface area contributed by atoms with Crippen LogP contribution in [0.25, 0.3) is 0 Å². The zero-order chi connectivity index (χ0) is 9.05. The van der Waals surface area contributed by atoms with Crippen LogP contribution in [0.15, 0.2) is 0 Å². The first-order chi connectivity index (χ1) is 6.22. The molecule has 3 saturated carbocycles. The first-order valence-electron chi connectivity index (χ1n) is 5.75. The Hall–Kier alpha value is -0.330. The maximum atomic E-state index is 11.9. The van der Waals surface area contributed by atoms with Gasteiger partial charge in [0.1, 0.15) is 5.78 Å². The van der Waals surface area contributed by atoms with Crippen molar-refractivity contribution in [2.24, 2.45) is 23.2 Å². The first kappa shape index (κ1) is 8.02. The van der Waals surface area contributed by atoms with Gasteiger partial charge in [0.25, 0.3) is 0 Å². The molecule has 1 spiro atoms. The highest BCUT2D eigenvalue weighted by Gasteiger charge is 2.57. The van der Waals surface area contributed by atoms with E-state index in [1.165, 1.54) is 32.1 Å². The van der Waals surface area contributed by atoms with Crippen molar-refractivity contribution >= 4 is 5.78 Å². The van der Waals surface area contributed by atoms with Gasteiger partial charge in [0.05, 0.1) is 0 Å². The largest absolute Gasteiger partial charge is 0.299 e. The van der Waals surface area contributed by atoms with Gasteiger partial charge in [0.2, 0.25) is 0 Å². The summed E-state index contributed by atoms with van der Waals surface area (Å²) >= 11 is 0. The number of hydrogen-bond acceptors (Lipinski definition) is 1. The summed E-state index contributed by atoms with van der Waals surface area (Å²) < 4.78 is 0. The fraction of sp³-hybridized carbons (Fsp3) is 0.917. The standard InChI is InChI=1S/C12H18O/c1-8-2-3-10-11(13)6-9-4-5-12(8,10)7-9/h8-10H,2-7H2,1H3/t8-,9?,10-,12+/m0/s1. The topological polar surface area (TPSA) is 17.1 Å². The Morgan fingerprint density at radius 2 is 2.15 bits per heavy atom. The maximum Gasteiger partial charge on any atom is 0.136 e. The molecule has 0 aromatic heterocycles. The lowest BCUT2D eigenvalue weighted by Gasteiger charge is -2.38. The Bertz CT molecular complexity index is 258. The van der Waals surface area contributed by atoms with Crippen LogP contribution in [0.5, 0.6) is 0 Å². The van der Waals surface area contributed by atoms with Crippen molar-refractivity contribution in [3.8, 4) is 0 Å². The lowest BCUT2D eigenvalue weighted by Crippen LogP contribution is -2.36. The number of fused-ring (bicyclic) bond motifs is 1. The van der Waals surface area contributed by atoms with E-state index in [1.807, 2.05) is 0 Å². The number of Topliss-reactive ketones (excluding diaryl/α,β-unsaturated/α-hetero) is 1. The number of carbonyl (C=O) groups is 1. The van der Waals surface area contributed by atoms with Gasteiger partial charge in [0, 0.05) is 12.3 Å². The molecule has 2 bridgehead atoms. The molecule has 0 saturated heterocycles. The number of ketones is 1. The minimum Gasteiger partial charge on any atom is -0.299 e. The van der Waals surface area contributed by atoms with Gasteiger partial charge < -0.3 is 0 Å². The molecule has 1 nitrogen and oxygen atoms in total. The summed E-state index contributed by atoms with van der Waals surface area (Å²) in [6, 6.07) is 0. The van der Waals surface area contributed by atoms with Crippen LogP contribution < -0.4 is 0 Å². The summed E-state index contributed by atoms with van der Waals surface area (Å²) in [6.07, 6.45) is 7.50. The number of carbonyl (C=O) groups excluding carboxylic acids is 1. The average Bonchev–Trinajstić information content (AvgIpc) is 2.59. The van der Waals surface area contributed by atoms with Crippen molar-refractivity contribution in [3.63, 3.8) is 0 Å². The molecule has 3 aliphatic rings. The van der Waals surface area contributed by atoms with Gasteiger partial charge in [-0.15, -0.1) is 0 Å². The van der Waals surface area contributed by atoms with Crippen molar-refractivity contribution in [2.75, 3.05) is 0 Å². The van der Waals surface area contributed by atoms with Gasteiger partial charge in [-0.2, -0.15) is 0 Å². The zero-order valence-corrected chi connectivity index (χ0v) is 8.38. The minimum absolute atomic E-state index is 0.473. The molecule has 3 fully saturated rings. The second-order valence-corrected chi connectivity index (χ2v) is 5.54. The summed E-state index contributed by atoms with van der Waals surface area (Å²) in [5, 5.41) is 0. The average molecular weight is 178 g/mol. The Morgan fingerprint density at radius 3 is 3.00 bits per heavy atom. The molecule has 4 atom stereocenters. The molecule has 0 amide bonds. The van der Waals surface area contributed by atoms with Gasteiger partial charge in [-0.3, -0.25) is 4.79 Å². The summed E-state index contributed by atoms with van der Waals surface area (Å²) in [4.78, 5) is 11.9. The Balaban J connectivity index is 2.03. The maximum absolute atomic E-state index is 11.9. The highest BCUT2D eigenvalue weighted by Crippen LogP contribution is 2.63. The molecule has 3 rings (SSSR count). The van der Waals surface area contributed by atoms with E-state index in [9.17, 15) is 4.79 Å². The van der Waals surface area contributed by atoms with Crippen molar-refractivity contribution in [2.45, 2.75) is 45.4 Å². The molecule has 0 aliphatic heterocycles. The van der Waals surface area contributed by atoms with Crippen molar-refractivity contribution < 1.29 is 4.79 Å². The molecule has 3 aliphatic carbocycles. The fourth-order valence-corrected chi connectivity index (χ4v) is 4.40. The predicted molar refractivity (Wildman–Crippen MR) is 51.3 cm³/mol. The highest BCUT2D eigenvalue weighted by atomic mass is 16.1. The SMILES string of the molecule is C[C@H]1CC[C@H]2C(=O)CC3CC[C@@]12C3. The summed E-state index contributed by atoms with van der Waals surface area (Å²) in [6.45, 7) is 2.38. The molecular weight excluding hydrogens is 160 g/mol. The molecule has 13 heavy (non-hydrogen) atoms. The monoisotopic (exact) mass is 178 g/mol. The van der Waals surface area contributed by atoms with Crippen LogP contribution in [0, 0.1) is 23.2 Å². The molecule has 0 aromatic rings. The molecule has 0 N–H and O–H groups in total. The third kappa shape index (κ3) is 0.858. The fourth-order valence-electron chi connectivity index (χ4n) is 4.40. The van der Waals surface area contributed by atoms with E-state index in [2.05, 4.69) is 6.92 Å². The van der Waals surface area contributed by atoms with Crippen LogP contribution in [0.4, 0.5) is 0 Å². The van der Waals surface area contributed by atoms with Gasteiger partial charge in [-0.25, -0.2) is 0 Å². The normalized spacial score (nSPS) is 53.9. The smallest absolute Gasteiger partial charge is 0.136 e. The molecule has 1 heteroatoms. The van der Waals surface area contributed by atoms with E-state index in [1.54, 1.807) is 0 Å². The first-order valence-corrected chi connectivity index (χ1v) is 5.75. The van der Waals surface area contributed by atoms with Crippen LogP contribution in [0.2, 0.25) is 0 Å². The van der Waals surface area contributed by atoms with E-state index in [-0.39, 0.29) is 0 Å². The molecule has 1 unspecified atom stereocenters. The predicted octanol–water partition coefficient (Wildman–Crippen LogP) is 2.79. The Labute approximate surface area is 79.9 Å². The van der Waals surface area contributed by atoms with Crippen molar-refractivity contribution in [1.29, 1.82) is 0 Å². The molecule has 72 valence electrons. The van der Waals surface area contributed by atoms with E-state index in [0.717, 1.165) is 18.3 Å². The van der Waals surface area contributed by atoms with E-state index in [4.69, 9.17) is 0 Å². The second-order valence-electron chi connectivity index (χ2n) is 5.54. The van der Waals surface area contributed by atoms with Crippen LogP contribution in [0.1, 0.15) is 45.4 Å². The lowest BCUT2D eigenvalue weighted by atomic mass is 9.65. The number of hydrogen-bond donors (Lipinski definition) is 0. The zero-order valence-electron chi connectivity index (χ0n) is 8.38. The van der Waals surface area contributed by atoms with Gasteiger partial charge >= 0.3 is 0 Å². The van der Waals surface area contributed by atoms with Crippen LogP contribution in [-0.2, 0) is 4.79 Å². The van der Waals surface area contributed by atoms with Crippen molar-refractivity contribution in [1.82, 2.24) is 0 Å². The molecule has 0 aromatic carbocycles. The van der Waals surface area contributed by atoms with Crippen molar-refractivity contribution in [3.05, 3.63) is 0 Å². The Morgan fingerprint density at radius 1 is 1.31 bits per heavy atom. The van der Waals surface area contributed by atoms with Gasteiger partial charge in [-0.05, 0) is 49.4 Å².